The van der Waals surface area contributed by atoms with E-state index >= 15 is 0 Å². The minimum Gasteiger partial charge on any atom is -0.461 e. The fourth-order valence-electron chi connectivity index (χ4n) is 1.62. The molecule has 88 valence electrons. The van der Waals surface area contributed by atoms with Crippen molar-refractivity contribution in [1.82, 2.24) is 20.8 Å². The van der Waals surface area contributed by atoms with Crippen molar-refractivity contribution in [3.8, 4) is 11.6 Å². The van der Waals surface area contributed by atoms with E-state index < -0.39 is 0 Å². The molecular weight excluding hydrogens is 224 g/mol. The molecule has 1 aliphatic rings. The lowest BCUT2D eigenvalue weighted by molar-refractivity contribution is -0.121. The minimum atomic E-state index is -0.149. The number of rotatable bonds is 2. The molecule has 0 aromatic carbocycles. The van der Waals surface area contributed by atoms with Gasteiger partial charge in [0, 0.05) is 6.54 Å². The number of amides is 1. The van der Waals surface area contributed by atoms with Gasteiger partial charge in [-0.1, -0.05) is 5.16 Å². The maximum absolute atomic E-state index is 11.0. The van der Waals surface area contributed by atoms with Gasteiger partial charge in [0.15, 0.2) is 5.76 Å². The van der Waals surface area contributed by atoms with Crippen LogP contribution in [0, 0.1) is 0 Å². The first kappa shape index (κ1) is 10.0. The molecule has 3 heterocycles. The SMILES string of the molecule is O=C1CNC(c2nc(-c3ccco3)no2)CN1. The first-order valence-corrected chi connectivity index (χ1v) is 5.20. The second-order valence-electron chi connectivity index (χ2n) is 3.67. The summed E-state index contributed by atoms with van der Waals surface area (Å²) < 4.78 is 10.3. The summed E-state index contributed by atoms with van der Waals surface area (Å²) >= 11 is 0. The van der Waals surface area contributed by atoms with E-state index in [4.69, 9.17) is 8.94 Å². The summed E-state index contributed by atoms with van der Waals surface area (Å²) in [7, 11) is 0. The molecule has 0 saturated carbocycles. The van der Waals surface area contributed by atoms with E-state index in [1.807, 2.05) is 0 Å². The zero-order valence-electron chi connectivity index (χ0n) is 8.84. The van der Waals surface area contributed by atoms with Gasteiger partial charge in [0.1, 0.15) is 6.04 Å². The van der Waals surface area contributed by atoms with Crippen molar-refractivity contribution in [1.29, 1.82) is 0 Å². The molecule has 7 heteroatoms. The number of carbonyl (C=O) groups excluding carboxylic acids is 1. The molecule has 0 radical (unpaired) electrons. The highest BCUT2D eigenvalue weighted by molar-refractivity contribution is 5.78. The normalized spacial score (nSPS) is 20.2. The molecule has 2 aromatic heterocycles. The highest BCUT2D eigenvalue weighted by Crippen LogP contribution is 2.19. The predicted molar refractivity (Wildman–Crippen MR) is 55.8 cm³/mol. The molecule has 1 atom stereocenters. The number of furan rings is 1. The molecule has 7 nitrogen and oxygen atoms in total. The van der Waals surface area contributed by atoms with Gasteiger partial charge in [0.25, 0.3) is 0 Å². The highest BCUT2D eigenvalue weighted by Gasteiger charge is 2.24. The van der Waals surface area contributed by atoms with E-state index in [2.05, 4.69) is 20.8 Å². The molecule has 2 N–H and O–H groups in total. The Morgan fingerprint density at radius 1 is 1.47 bits per heavy atom. The molecule has 0 spiro atoms. The molecule has 2 aromatic rings. The predicted octanol–water partition coefficient (Wildman–Crippen LogP) is 0.0901. The summed E-state index contributed by atoms with van der Waals surface area (Å²) in [6, 6.07) is 3.36. The van der Waals surface area contributed by atoms with Crippen molar-refractivity contribution in [2.24, 2.45) is 0 Å². The van der Waals surface area contributed by atoms with E-state index in [-0.39, 0.29) is 18.5 Å². The third-order valence-electron chi connectivity index (χ3n) is 2.49. The first-order valence-electron chi connectivity index (χ1n) is 5.20. The number of piperazine rings is 1. The monoisotopic (exact) mass is 234 g/mol. The van der Waals surface area contributed by atoms with Gasteiger partial charge < -0.3 is 14.3 Å². The van der Waals surface area contributed by atoms with E-state index in [1.165, 1.54) is 0 Å². The third-order valence-corrected chi connectivity index (χ3v) is 2.49. The highest BCUT2D eigenvalue weighted by atomic mass is 16.5. The van der Waals surface area contributed by atoms with Crippen LogP contribution in [0.2, 0.25) is 0 Å². The second kappa shape index (κ2) is 4.02. The number of hydrogen-bond acceptors (Lipinski definition) is 6. The lowest BCUT2D eigenvalue weighted by Crippen LogP contribution is -2.47. The van der Waals surface area contributed by atoms with Crippen LogP contribution < -0.4 is 10.6 Å². The average molecular weight is 234 g/mol. The van der Waals surface area contributed by atoms with Crippen LogP contribution in [0.1, 0.15) is 11.9 Å². The third kappa shape index (κ3) is 1.92. The summed E-state index contributed by atoms with van der Waals surface area (Å²) in [5, 5.41) is 9.55. The summed E-state index contributed by atoms with van der Waals surface area (Å²) in [5.74, 6) is 1.37. The lowest BCUT2D eigenvalue weighted by atomic mass is 10.2. The van der Waals surface area contributed by atoms with Crippen LogP contribution >= 0.6 is 0 Å². The van der Waals surface area contributed by atoms with Crippen LogP contribution in [0.4, 0.5) is 0 Å². The zero-order valence-corrected chi connectivity index (χ0v) is 8.84. The fraction of sp³-hybridized carbons (Fsp3) is 0.300. The molecular formula is C10H10N4O3. The Bertz CT molecular complexity index is 509. The van der Waals surface area contributed by atoms with Crippen LogP contribution in [0.3, 0.4) is 0 Å². The van der Waals surface area contributed by atoms with E-state index in [0.29, 0.717) is 24.0 Å². The van der Waals surface area contributed by atoms with Gasteiger partial charge in [-0.2, -0.15) is 4.98 Å². The number of nitrogens with one attached hydrogen (secondary N) is 2. The number of hydrogen-bond donors (Lipinski definition) is 2. The molecule has 1 unspecified atom stereocenters. The van der Waals surface area contributed by atoms with E-state index in [0.717, 1.165) is 0 Å². The quantitative estimate of drug-likeness (QED) is 0.765. The molecule has 1 saturated heterocycles. The number of nitrogens with zero attached hydrogens (tertiary/aromatic N) is 2. The topological polar surface area (TPSA) is 93.2 Å². The Morgan fingerprint density at radius 2 is 2.41 bits per heavy atom. The first-order chi connectivity index (χ1) is 8.33. The molecule has 1 aliphatic heterocycles. The van der Waals surface area contributed by atoms with Gasteiger partial charge in [-0.3, -0.25) is 10.1 Å². The van der Waals surface area contributed by atoms with Gasteiger partial charge in [-0.05, 0) is 12.1 Å². The van der Waals surface area contributed by atoms with Crippen molar-refractivity contribution in [2.45, 2.75) is 6.04 Å². The van der Waals surface area contributed by atoms with Gasteiger partial charge >= 0.3 is 0 Å². The van der Waals surface area contributed by atoms with Crippen molar-refractivity contribution in [3.63, 3.8) is 0 Å². The second-order valence-corrected chi connectivity index (χ2v) is 3.67. The summed E-state index contributed by atoms with van der Waals surface area (Å²) in [5.41, 5.74) is 0. The molecule has 0 aliphatic carbocycles. The Balaban J connectivity index is 1.79. The maximum Gasteiger partial charge on any atom is 0.246 e. The maximum atomic E-state index is 11.0. The van der Waals surface area contributed by atoms with Gasteiger partial charge in [-0.15, -0.1) is 0 Å². The van der Waals surface area contributed by atoms with Crippen LogP contribution in [-0.2, 0) is 4.79 Å². The summed E-state index contributed by atoms with van der Waals surface area (Å²) in [4.78, 5) is 15.2. The molecule has 17 heavy (non-hydrogen) atoms. The smallest absolute Gasteiger partial charge is 0.246 e. The van der Waals surface area contributed by atoms with Crippen molar-refractivity contribution in [2.75, 3.05) is 13.1 Å². The van der Waals surface area contributed by atoms with Crippen LogP contribution in [0.15, 0.2) is 27.3 Å². The van der Waals surface area contributed by atoms with Gasteiger partial charge in [-0.25, -0.2) is 0 Å². The van der Waals surface area contributed by atoms with Crippen molar-refractivity contribution in [3.05, 3.63) is 24.3 Å². The van der Waals surface area contributed by atoms with E-state index in [1.54, 1.807) is 18.4 Å². The average Bonchev–Trinajstić information content (AvgIpc) is 3.00. The summed E-state index contributed by atoms with van der Waals surface area (Å²) in [6.45, 7) is 0.696. The largest absolute Gasteiger partial charge is 0.461 e. The van der Waals surface area contributed by atoms with E-state index in [9.17, 15) is 4.79 Å². The van der Waals surface area contributed by atoms with Crippen molar-refractivity contribution < 1.29 is 13.7 Å². The Kier molecular flexibility index (Phi) is 2.37. The zero-order chi connectivity index (χ0) is 11.7. The summed E-state index contributed by atoms with van der Waals surface area (Å²) in [6.07, 6.45) is 1.55. The van der Waals surface area contributed by atoms with Crippen LogP contribution in [-0.4, -0.2) is 29.1 Å². The van der Waals surface area contributed by atoms with Crippen LogP contribution in [0.5, 0.6) is 0 Å². The number of aromatic nitrogens is 2. The van der Waals surface area contributed by atoms with Crippen molar-refractivity contribution >= 4 is 5.91 Å². The molecule has 0 bridgehead atoms. The molecule has 1 fully saturated rings. The Labute approximate surface area is 96.2 Å². The van der Waals surface area contributed by atoms with Gasteiger partial charge in [0.2, 0.25) is 17.6 Å². The lowest BCUT2D eigenvalue weighted by Gasteiger charge is -2.20. The standard InChI is InChI=1S/C10H10N4O3/c15-8-5-11-6(4-12-8)10-13-9(14-17-10)7-2-1-3-16-7/h1-3,6,11H,4-5H2,(H,12,15). The number of carbonyl (C=O) groups is 1. The van der Waals surface area contributed by atoms with Gasteiger partial charge in [0.05, 0.1) is 12.8 Å². The van der Waals surface area contributed by atoms with Crippen LogP contribution in [0.25, 0.3) is 11.6 Å². The molecule has 3 rings (SSSR count). The Morgan fingerprint density at radius 3 is 3.12 bits per heavy atom. The minimum absolute atomic E-state index is 0.0352. The fourth-order valence-corrected chi connectivity index (χ4v) is 1.62. The molecule has 1 amide bonds. The Hall–Kier alpha value is -2.15.